The van der Waals surface area contributed by atoms with Crippen molar-refractivity contribution >= 4 is 0 Å². The van der Waals surface area contributed by atoms with E-state index in [4.69, 9.17) is 4.74 Å². The first-order valence-corrected chi connectivity index (χ1v) is 6.48. The van der Waals surface area contributed by atoms with Crippen molar-refractivity contribution in [3.8, 4) is 0 Å². The number of alkyl halides is 3. The van der Waals surface area contributed by atoms with E-state index in [2.05, 4.69) is 10.2 Å². The number of halogens is 3. The number of ether oxygens (including phenoxy) is 1. The van der Waals surface area contributed by atoms with E-state index in [9.17, 15) is 13.2 Å². The molecule has 114 valence electrons. The molecule has 1 N–H and O–H groups in total. The van der Waals surface area contributed by atoms with Gasteiger partial charge >= 0.3 is 6.18 Å². The average Bonchev–Trinajstić information content (AvgIpc) is 2.41. The molecule has 0 amide bonds. The van der Waals surface area contributed by atoms with Gasteiger partial charge in [0.25, 0.3) is 0 Å². The van der Waals surface area contributed by atoms with Crippen LogP contribution in [-0.2, 0) is 17.5 Å². The predicted molar refractivity (Wildman–Crippen MR) is 72.5 cm³/mol. The van der Waals surface area contributed by atoms with Gasteiger partial charge in [-0.25, -0.2) is 0 Å². The van der Waals surface area contributed by atoms with Gasteiger partial charge in [0.05, 0.1) is 12.2 Å². The molecule has 0 spiro atoms. The molecule has 0 aromatic heterocycles. The second-order valence-electron chi connectivity index (χ2n) is 4.67. The summed E-state index contributed by atoms with van der Waals surface area (Å²) >= 11 is 0. The molecule has 6 heteroatoms. The van der Waals surface area contributed by atoms with Crippen molar-refractivity contribution in [2.75, 3.05) is 40.4 Å². The zero-order valence-corrected chi connectivity index (χ0v) is 11.8. The zero-order chi connectivity index (χ0) is 15.0. The number of likely N-dealkylation sites (N-methyl/N-ethyl adjacent to an activating group) is 1. The molecular weight excluding hydrogens is 269 g/mol. The van der Waals surface area contributed by atoms with Crippen LogP contribution in [0.4, 0.5) is 13.2 Å². The molecule has 0 unspecified atom stereocenters. The van der Waals surface area contributed by atoms with E-state index < -0.39 is 11.7 Å². The lowest BCUT2D eigenvalue weighted by atomic mass is 10.1. The maximum absolute atomic E-state index is 12.5. The van der Waals surface area contributed by atoms with Crippen LogP contribution in [0.5, 0.6) is 0 Å². The van der Waals surface area contributed by atoms with Gasteiger partial charge in [-0.2, -0.15) is 13.2 Å². The van der Waals surface area contributed by atoms with Crippen LogP contribution < -0.4 is 5.32 Å². The summed E-state index contributed by atoms with van der Waals surface area (Å²) in [5.74, 6) is 0. The van der Waals surface area contributed by atoms with Crippen molar-refractivity contribution in [2.24, 2.45) is 0 Å². The first-order chi connectivity index (χ1) is 9.43. The van der Waals surface area contributed by atoms with Gasteiger partial charge in [-0.3, -0.25) is 0 Å². The standard InChI is InChI=1S/C14H21F3N2O/c1-19(8-9-20-2)7-6-18-11-12-4-3-5-13(10-12)14(15,16)17/h3-5,10,18H,6-9,11H2,1-2H3. The largest absolute Gasteiger partial charge is 0.416 e. The van der Waals surface area contributed by atoms with E-state index >= 15 is 0 Å². The Balaban J connectivity index is 2.32. The second kappa shape index (κ2) is 8.24. The molecule has 0 saturated heterocycles. The summed E-state index contributed by atoms with van der Waals surface area (Å²) in [6, 6.07) is 5.39. The van der Waals surface area contributed by atoms with E-state index in [1.165, 1.54) is 12.1 Å². The van der Waals surface area contributed by atoms with Gasteiger partial charge in [-0.1, -0.05) is 18.2 Å². The normalized spacial score (nSPS) is 12.1. The first kappa shape index (κ1) is 16.9. The van der Waals surface area contributed by atoms with Crippen LogP contribution in [0.15, 0.2) is 24.3 Å². The van der Waals surface area contributed by atoms with Gasteiger partial charge in [-0.15, -0.1) is 0 Å². The molecular formula is C14H21F3N2O. The monoisotopic (exact) mass is 290 g/mol. The zero-order valence-electron chi connectivity index (χ0n) is 11.8. The van der Waals surface area contributed by atoms with E-state index in [1.807, 2.05) is 7.05 Å². The molecule has 3 nitrogen and oxygen atoms in total. The van der Waals surface area contributed by atoms with Gasteiger partial charge in [-0.05, 0) is 18.7 Å². The molecule has 20 heavy (non-hydrogen) atoms. The van der Waals surface area contributed by atoms with E-state index in [1.54, 1.807) is 13.2 Å². The third-order valence-corrected chi connectivity index (χ3v) is 2.93. The third-order valence-electron chi connectivity index (χ3n) is 2.93. The first-order valence-electron chi connectivity index (χ1n) is 6.48. The Morgan fingerprint density at radius 1 is 1.25 bits per heavy atom. The van der Waals surface area contributed by atoms with Crippen molar-refractivity contribution < 1.29 is 17.9 Å². The molecule has 0 bridgehead atoms. The van der Waals surface area contributed by atoms with Crippen molar-refractivity contribution in [3.05, 3.63) is 35.4 Å². The SMILES string of the molecule is COCCN(C)CCNCc1cccc(C(F)(F)F)c1. The Morgan fingerprint density at radius 3 is 2.65 bits per heavy atom. The van der Waals surface area contributed by atoms with E-state index in [0.29, 0.717) is 18.7 Å². The maximum Gasteiger partial charge on any atom is 0.416 e. The summed E-state index contributed by atoms with van der Waals surface area (Å²) < 4.78 is 42.6. The summed E-state index contributed by atoms with van der Waals surface area (Å²) in [6.07, 6.45) is -4.28. The maximum atomic E-state index is 12.5. The van der Waals surface area contributed by atoms with Crippen molar-refractivity contribution in [3.63, 3.8) is 0 Å². The van der Waals surface area contributed by atoms with Crippen LogP contribution in [-0.4, -0.2) is 45.3 Å². The smallest absolute Gasteiger partial charge is 0.383 e. The number of nitrogens with zero attached hydrogens (tertiary/aromatic N) is 1. The highest BCUT2D eigenvalue weighted by atomic mass is 19.4. The fourth-order valence-electron chi connectivity index (χ4n) is 1.72. The van der Waals surface area contributed by atoms with Crippen LogP contribution in [0.2, 0.25) is 0 Å². The highest BCUT2D eigenvalue weighted by molar-refractivity contribution is 5.25. The molecule has 1 aromatic carbocycles. The number of hydrogen-bond acceptors (Lipinski definition) is 3. The molecule has 1 rings (SSSR count). The summed E-state index contributed by atoms with van der Waals surface area (Å²) in [4.78, 5) is 2.10. The minimum absolute atomic E-state index is 0.433. The topological polar surface area (TPSA) is 24.5 Å². The number of benzene rings is 1. The minimum atomic E-state index is -4.28. The van der Waals surface area contributed by atoms with Gasteiger partial charge in [0.1, 0.15) is 0 Å². The highest BCUT2D eigenvalue weighted by Crippen LogP contribution is 2.29. The van der Waals surface area contributed by atoms with E-state index in [-0.39, 0.29) is 0 Å². The Hall–Kier alpha value is -1.11. The summed E-state index contributed by atoms with van der Waals surface area (Å²) in [6.45, 7) is 3.48. The molecule has 0 aliphatic rings. The van der Waals surface area contributed by atoms with Crippen LogP contribution >= 0.6 is 0 Å². The van der Waals surface area contributed by atoms with Crippen LogP contribution in [0.25, 0.3) is 0 Å². The summed E-state index contributed by atoms with van der Waals surface area (Å²) in [7, 11) is 3.63. The lowest BCUT2D eigenvalue weighted by molar-refractivity contribution is -0.137. The molecule has 0 radical (unpaired) electrons. The van der Waals surface area contributed by atoms with Crippen molar-refractivity contribution in [2.45, 2.75) is 12.7 Å². The molecule has 0 aliphatic heterocycles. The number of rotatable bonds is 8. The molecule has 0 atom stereocenters. The van der Waals surface area contributed by atoms with Crippen LogP contribution in [0.3, 0.4) is 0 Å². The summed E-state index contributed by atoms with van der Waals surface area (Å²) in [5, 5.41) is 3.14. The van der Waals surface area contributed by atoms with Gasteiger partial charge in [0.2, 0.25) is 0 Å². The summed E-state index contributed by atoms with van der Waals surface area (Å²) in [5.41, 5.74) is 0.0355. The fraction of sp³-hybridized carbons (Fsp3) is 0.571. The van der Waals surface area contributed by atoms with Crippen molar-refractivity contribution in [1.29, 1.82) is 0 Å². The van der Waals surface area contributed by atoms with Crippen LogP contribution in [0.1, 0.15) is 11.1 Å². The number of methoxy groups -OCH3 is 1. The molecule has 0 aliphatic carbocycles. The molecule has 0 saturated carbocycles. The lowest BCUT2D eigenvalue weighted by Crippen LogP contribution is -2.31. The minimum Gasteiger partial charge on any atom is -0.383 e. The number of hydrogen-bond donors (Lipinski definition) is 1. The molecule has 0 fully saturated rings. The van der Waals surface area contributed by atoms with Gasteiger partial charge in [0, 0.05) is 33.3 Å². The third kappa shape index (κ3) is 6.36. The predicted octanol–water partition coefficient (Wildman–Crippen LogP) is 2.37. The Kier molecular flexibility index (Phi) is 6.98. The van der Waals surface area contributed by atoms with Gasteiger partial charge in [0.15, 0.2) is 0 Å². The van der Waals surface area contributed by atoms with Gasteiger partial charge < -0.3 is 15.0 Å². The van der Waals surface area contributed by atoms with Crippen molar-refractivity contribution in [1.82, 2.24) is 10.2 Å². The second-order valence-corrected chi connectivity index (χ2v) is 4.67. The average molecular weight is 290 g/mol. The molecule has 0 heterocycles. The fourth-order valence-corrected chi connectivity index (χ4v) is 1.72. The Labute approximate surface area is 117 Å². The highest BCUT2D eigenvalue weighted by Gasteiger charge is 2.30. The lowest BCUT2D eigenvalue weighted by Gasteiger charge is -2.16. The quantitative estimate of drug-likeness (QED) is 0.744. The van der Waals surface area contributed by atoms with Crippen LogP contribution in [0, 0.1) is 0 Å². The van der Waals surface area contributed by atoms with E-state index in [0.717, 1.165) is 25.7 Å². The molecule has 1 aromatic rings. The number of nitrogens with one attached hydrogen (secondary N) is 1. The Bertz CT molecular complexity index is 396. The Morgan fingerprint density at radius 2 is 2.00 bits per heavy atom.